The van der Waals surface area contributed by atoms with Gasteiger partial charge in [-0.1, -0.05) is 54.1 Å². The molecule has 0 spiro atoms. The van der Waals surface area contributed by atoms with Crippen LogP contribution in [0, 0.1) is 5.41 Å². The van der Waals surface area contributed by atoms with Crippen LogP contribution in [0.4, 0.5) is 0 Å². The first-order valence-corrected chi connectivity index (χ1v) is 7.02. The molecule has 1 N–H and O–H groups in total. The van der Waals surface area contributed by atoms with Gasteiger partial charge in [-0.05, 0) is 36.1 Å². The molecule has 20 heavy (non-hydrogen) atoms. The van der Waals surface area contributed by atoms with Crippen LogP contribution in [0.25, 0.3) is 0 Å². The van der Waals surface area contributed by atoms with E-state index >= 15 is 0 Å². The molecule has 0 amide bonds. The van der Waals surface area contributed by atoms with Crippen molar-refractivity contribution in [3.8, 4) is 0 Å². The highest BCUT2D eigenvalue weighted by molar-refractivity contribution is 6.30. The van der Waals surface area contributed by atoms with Crippen LogP contribution in [0.3, 0.4) is 0 Å². The fourth-order valence-corrected chi connectivity index (χ4v) is 3.03. The molecule has 0 aromatic heterocycles. The van der Waals surface area contributed by atoms with Gasteiger partial charge >= 0.3 is 5.97 Å². The molecule has 2 atom stereocenters. The maximum atomic E-state index is 11.7. The summed E-state index contributed by atoms with van der Waals surface area (Å²) in [5.41, 5.74) is 1.48. The normalized spacial score (nSPS) is 24.4. The Morgan fingerprint density at radius 1 is 1.15 bits per heavy atom. The molecule has 2 aromatic rings. The molecular weight excluding hydrogens is 272 g/mol. The second kappa shape index (κ2) is 4.95. The zero-order valence-corrected chi connectivity index (χ0v) is 11.7. The molecule has 0 radical (unpaired) electrons. The molecule has 3 rings (SSSR count). The predicted octanol–water partition coefficient (Wildman–Crippen LogP) is 4.14. The standard InChI is InChI=1S/C17H15ClO2/c18-14-8-6-12(7-9-14)10-17(16(19)20)11-15(17)13-4-2-1-3-5-13/h1-9,15H,10-11H2,(H,19,20)/t15-,17+/m0/s1. The predicted molar refractivity (Wildman–Crippen MR) is 79.0 cm³/mol. The fraction of sp³-hybridized carbons (Fsp3) is 0.235. The minimum atomic E-state index is -0.707. The Morgan fingerprint density at radius 2 is 1.80 bits per heavy atom. The van der Waals surface area contributed by atoms with Gasteiger partial charge in [-0.2, -0.15) is 0 Å². The van der Waals surface area contributed by atoms with Crippen molar-refractivity contribution in [2.75, 3.05) is 0 Å². The minimum Gasteiger partial charge on any atom is -0.481 e. The van der Waals surface area contributed by atoms with Gasteiger partial charge in [-0.3, -0.25) is 4.79 Å². The van der Waals surface area contributed by atoms with E-state index in [1.165, 1.54) is 0 Å². The molecule has 3 heteroatoms. The molecule has 0 unspecified atom stereocenters. The van der Waals surface area contributed by atoms with Crippen molar-refractivity contribution >= 4 is 17.6 Å². The lowest BCUT2D eigenvalue weighted by molar-refractivity contribution is -0.143. The third-order valence-electron chi connectivity index (χ3n) is 4.14. The quantitative estimate of drug-likeness (QED) is 0.917. The molecule has 0 heterocycles. The number of halogens is 1. The van der Waals surface area contributed by atoms with Gasteiger partial charge < -0.3 is 5.11 Å². The molecule has 2 aromatic carbocycles. The average molecular weight is 287 g/mol. The number of carbonyl (C=O) groups is 1. The average Bonchev–Trinajstić information content (AvgIpc) is 3.18. The van der Waals surface area contributed by atoms with Crippen LogP contribution in [0.5, 0.6) is 0 Å². The first kappa shape index (κ1) is 13.2. The van der Waals surface area contributed by atoms with Crippen LogP contribution in [0.15, 0.2) is 54.6 Å². The summed E-state index contributed by atoms with van der Waals surface area (Å²) in [5.74, 6) is -0.599. The Bertz CT molecular complexity index is 621. The lowest BCUT2D eigenvalue weighted by Crippen LogP contribution is -2.20. The molecule has 1 saturated carbocycles. The van der Waals surface area contributed by atoms with E-state index in [2.05, 4.69) is 0 Å². The molecular formula is C17H15ClO2. The molecule has 2 nitrogen and oxygen atoms in total. The van der Waals surface area contributed by atoms with Gasteiger partial charge in [0.25, 0.3) is 0 Å². The van der Waals surface area contributed by atoms with Gasteiger partial charge in [0.15, 0.2) is 0 Å². The minimum absolute atomic E-state index is 0.108. The highest BCUT2D eigenvalue weighted by atomic mass is 35.5. The Kier molecular flexibility index (Phi) is 3.27. The van der Waals surface area contributed by atoms with Gasteiger partial charge in [0.05, 0.1) is 5.41 Å². The zero-order valence-electron chi connectivity index (χ0n) is 10.9. The van der Waals surface area contributed by atoms with Gasteiger partial charge in [0, 0.05) is 10.9 Å². The van der Waals surface area contributed by atoms with Crippen LogP contribution in [-0.2, 0) is 11.2 Å². The van der Waals surface area contributed by atoms with E-state index in [4.69, 9.17) is 11.6 Å². The van der Waals surface area contributed by atoms with E-state index in [1.54, 1.807) is 0 Å². The SMILES string of the molecule is O=C(O)[C@]1(Cc2ccc(Cl)cc2)C[C@H]1c1ccccc1. The van der Waals surface area contributed by atoms with Gasteiger partial charge in [0.1, 0.15) is 0 Å². The number of carboxylic acids is 1. The van der Waals surface area contributed by atoms with Crippen molar-refractivity contribution in [3.05, 3.63) is 70.7 Å². The molecule has 0 saturated heterocycles. The number of aliphatic carboxylic acids is 1. The van der Waals surface area contributed by atoms with Crippen LogP contribution >= 0.6 is 11.6 Å². The van der Waals surface area contributed by atoms with E-state index in [-0.39, 0.29) is 5.92 Å². The third-order valence-corrected chi connectivity index (χ3v) is 4.39. The van der Waals surface area contributed by atoms with Gasteiger partial charge in [-0.25, -0.2) is 0 Å². The maximum absolute atomic E-state index is 11.7. The largest absolute Gasteiger partial charge is 0.481 e. The number of carboxylic acid groups (broad SMARTS) is 1. The fourth-order valence-electron chi connectivity index (χ4n) is 2.90. The molecule has 1 fully saturated rings. The summed E-state index contributed by atoms with van der Waals surface area (Å²) in [6.45, 7) is 0. The van der Waals surface area contributed by atoms with E-state index in [9.17, 15) is 9.90 Å². The highest BCUT2D eigenvalue weighted by Gasteiger charge is 2.60. The van der Waals surface area contributed by atoms with Crippen LogP contribution < -0.4 is 0 Å². The Balaban J connectivity index is 1.85. The van der Waals surface area contributed by atoms with Crippen molar-refractivity contribution in [2.45, 2.75) is 18.8 Å². The molecule has 1 aliphatic rings. The molecule has 1 aliphatic carbocycles. The van der Waals surface area contributed by atoms with E-state index in [0.717, 1.165) is 11.1 Å². The number of benzene rings is 2. The number of rotatable bonds is 4. The summed E-state index contributed by atoms with van der Waals surface area (Å²) in [7, 11) is 0. The lowest BCUT2D eigenvalue weighted by Gasteiger charge is -2.13. The van der Waals surface area contributed by atoms with Crippen LogP contribution in [0.1, 0.15) is 23.5 Å². The molecule has 102 valence electrons. The first-order valence-electron chi connectivity index (χ1n) is 6.65. The van der Waals surface area contributed by atoms with Crippen molar-refractivity contribution in [1.29, 1.82) is 0 Å². The number of hydrogen-bond donors (Lipinski definition) is 1. The Hall–Kier alpha value is -1.80. The lowest BCUT2D eigenvalue weighted by atomic mass is 9.91. The number of hydrogen-bond acceptors (Lipinski definition) is 1. The van der Waals surface area contributed by atoms with Crippen molar-refractivity contribution in [3.63, 3.8) is 0 Å². The maximum Gasteiger partial charge on any atom is 0.310 e. The summed E-state index contributed by atoms with van der Waals surface area (Å²) < 4.78 is 0. The van der Waals surface area contributed by atoms with Crippen LogP contribution in [0.2, 0.25) is 5.02 Å². The van der Waals surface area contributed by atoms with Gasteiger partial charge in [0.2, 0.25) is 0 Å². The van der Waals surface area contributed by atoms with Crippen molar-refractivity contribution in [2.24, 2.45) is 5.41 Å². The van der Waals surface area contributed by atoms with E-state index < -0.39 is 11.4 Å². The van der Waals surface area contributed by atoms with Crippen molar-refractivity contribution < 1.29 is 9.90 Å². The Labute approximate surface area is 123 Å². The Morgan fingerprint density at radius 3 is 2.40 bits per heavy atom. The summed E-state index contributed by atoms with van der Waals surface area (Å²) in [5, 5.41) is 10.3. The van der Waals surface area contributed by atoms with Crippen molar-refractivity contribution in [1.82, 2.24) is 0 Å². The highest BCUT2D eigenvalue weighted by Crippen LogP contribution is 2.61. The molecule has 0 bridgehead atoms. The topological polar surface area (TPSA) is 37.3 Å². The monoisotopic (exact) mass is 286 g/mol. The smallest absolute Gasteiger partial charge is 0.310 e. The second-order valence-corrected chi connectivity index (χ2v) is 5.87. The van der Waals surface area contributed by atoms with E-state index in [1.807, 2.05) is 54.6 Å². The third kappa shape index (κ3) is 2.32. The summed E-state index contributed by atoms with van der Waals surface area (Å²) in [6.07, 6.45) is 1.26. The first-order chi connectivity index (χ1) is 9.62. The summed E-state index contributed by atoms with van der Waals surface area (Å²) in [6, 6.07) is 17.3. The van der Waals surface area contributed by atoms with E-state index in [0.29, 0.717) is 17.9 Å². The summed E-state index contributed by atoms with van der Waals surface area (Å²) in [4.78, 5) is 11.7. The molecule has 0 aliphatic heterocycles. The van der Waals surface area contributed by atoms with Gasteiger partial charge in [-0.15, -0.1) is 0 Å². The van der Waals surface area contributed by atoms with Crippen LogP contribution in [-0.4, -0.2) is 11.1 Å². The zero-order chi connectivity index (χ0) is 14.2. The summed E-state index contributed by atoms with van der Waals surface area (Å²) >= 11 is 5.87. The second-order valence-electron chi connectivity index (χ2n) is 5.43.